The summed E-state index contributed by atoms with van der Waals surface area (Å²) in [4.78, 5) is 11.7. The van der Waals surface area contributed by atoms with E-state index in [9.17, 15) is 13.2 Å². The van der Waals surface area contributed by atoms with Gasteiger partial charge in [-0.3, -0.25) is 9.52 Å². The number of hydrogen-bond donors (Lipinski definition) is 2. The van der Waals surface area contributed by atoms with E-state index in [2.05, 4.69) is 10.0 Å². The number of sulfonamides is 1. The molecule has 6 nitrogen and oxygen atoms in total. The highest BCUT2D eigenvalue weighted by molar-refractivity contribution is 7.92. The first-order chi connectivity index (χ1) is 11.8. The van der Waals surface area contributed by atoms with Crippen LogP contribution in [0.25, 0.3) is 0 Å². The number of ether oxygens (including phenoxy) is 1. The number of carbonyl (C=O) groups excluding carboxylic acids is 1. The number of hydrogen-bond acceptors (Lipinski definition) is 4. The lowest BCUT2D eigenvalue weighted by Crippen LogP contribution is -2.34. The van der Waals surface area contributed by atoms with Crippen molar-refractivity contribution in [1.82, 2.24) is 5.32 Å². The molecule has 2 aromatic carbocycles. The number of nitrogens with one attached hydrogen (secondary N) is 2. The van der Waals surface area contributed by atoms with Gasteiger partial charge >= 0.3 is 0 Å². The molecule has 0 heterocycles. The number of amides is 1. The Labute approximate surface area is 148 Å². The second kappa shape index (κ2) is 8.02. The van der Waals surface area contributed by atoms with E-state index in [1.807, 2.05) is 26.8 Å². The number of carbonyl (C=O) groups is 1. The van der Waals surface area contributed by atoms with Crippen molar-refractivity contribution >= 4 is 21.6 Å². The van der Waals surface area contributed by atoms with E-state index in [1.165, 1.54) is 24.3 Å². The maximum absolute atomic E-state index is 12.4. The summed E-state index contributed by atoms with van der Waals surface area (Å²) in [5.74, 6) is 0.196. The van der Waals surface area contributed by atoms with Crippen LogP contribution < -0.4 is 14.8 Å². The first-order valence-corrected chi connectivity index (χ1v) is 9.36. The molecular weight excluding hydrogens is 340 g/mol. The van der Waals surface area contributed by atoms with E-state index in [1.54, 1.807) is 18.2 Å². The van der Waals surface area contributed by atoms with Crippen molar-refractivity contribution in [2.75, 3.05) is 11.3 Å². The van der Waals surface area contributed by atoms with Crippen LogP contribution in [0, 0.1) is 6.92 Å². The van der Waals surface area contributed by atoms with Gasteiger partial charge in [0.25, 0.3) is 15.9 Å². The van der Waals surface area contributed by atoms with E-state index in [4.69, 9.17) is 4.74 Å². The third-order valence-electron chi connectivity index (χ3n) is 3.22. The third-order valence-corrected chi connectivity index (χ3v) is 4.62. The number of aryl methyl sites for hydroxylation is 1. The predicted molar refractivity (Wildman–Crippen MR) is 97.2 cm³/mol. The molecule has 0 aliphatic rings. The number of rotatable bonds is 7. The number of benzene rings is 2. The number of anilines is 1. The molecule has 0 aromatic heterocycles. The highest BCUT2D eigenvalue weighted by Crippen LogP contribution is 2.19. The van der Waals surface area contributed by atoms with E-state index < -0.39 is 10.0 Å². The van der Waals surface area contributed by atoms with Crippen molar-refractivity contribution < 1.29 is 17.9 Å². The standard InChI is InChI=1S/C18H22N2O4S/c1-13(2)19-18(21)12-24-16-7-9-17(10-8-16)25(22,23)20-15-6-4-5-14(3)11-15/h4-11,13,20H,12H2,1-3H3,(H,19,21). The average Bonchev–Trinajstić information content (AvgIpc) is 2.52. The molecule has 0 atom stereocenters. The summed E-state index contributed by atoms with van der Waals surface area (Å²) in [5, 5.41) is 2.71. The van der Waals surface area contributed by atoms with Crippen LogP contribution >= 0.6 is 0 Å². The summed E-state index contributed by atoms with van der Waals surface area (Å²) >= 11 is 0. The molecule has 0 saturated heterocycles. The Hall–Kier alpha value is -2.54. The average molecular weight is 362 g/mol. The zero-order chi connectivity index (χ0) is 18.4. The van der Waals surface area contributed by atoms with Crippen molar-refractivity contribution in [1.29, 1.82) is 0 Å². The van der Waals surface area contributed by atoms with Crippen LogP contribution in [0.2, 0.25) is 0 Å². The SMILES string of the molecule is Cc1cccc(NS(=O)(=O)c2ccc(OCC(=O)NC(C)C)cc2)c1. The maximum atomic E-state index is 12.4. The highest BCUT2D eigenvalue weighted by atomic mass is 32.2. The molecule has 2 aromatic rings. The van der Waals surface area contributed by atoms with E-state index in [0.717, 1.165) is 5.56 Å². The molecule has 0 unspecified atom stereocenters. The van der Waals surface area contributed by atoms with Gasteiger partial charge in [0.2, 0.25) is 0 Å². The van der Waals surface area contributed by atoms with Gasteiger partial charge in [0.1, 0.15) is 5.75 Å². The van der Waals surface area contributed by atoms with Gasteiger partial charge in [0.05, 0.1) is 4.90 Å². The first-order valence-electron chi connectivity index (χ1n) is 7.88. The van der Waals surface area contributed by atoms with Crippen LogP contribution in [-0.2, 0) is 14.8 Å². The Morgan fingerprint density at radius 2 is 1.80 bits per heavy atom. The van der Waals surface area contributed by atoms with Crippen molar-refractivity contribution in [3.05, 3.63) is 54.1 Å². The highest BCUT2D eigenvalue weighted by Gasteiger charge is 2.14. The predicted octanol–water partition coefficient (Wildman–Crippen LogP) is 2.70. The Bertz CT molecular complexity index is 830. The van der Waals surface area contributed by atoms with Crippen molar-refractivity contribution in [2.45, 2.75) is 31.7 Å². The Morgan fingerprint density at radius 1 is 1.12 bits per heavy atom. The molecule has 0 fully saturated rings. The lowest BCUT2D eigenvalue weighted by atomic mass is 10.2. The van der Waals surface area contributed by atoms with Crippen LogP contribution in [0.15, 0.2) is 53.4 Å². The summed E-state index contributed by atoms with van der Waals surface area (Å²) in [5.41, 5.74) is 1.47. The summed E-state index contributed by atoms with van der Waals surface area (Å²) in [7, 11) is -3.68. The molecule has 1 amide bonds. The molecule has 0 radical (unpaired) electrons. The Balaban J connectivity index is 2.02. The zero-order valence-electron chi connectivity index (χ0n) is 14.4. The fourth-order valence-electron chi connectivity index (χ4n) is 2.15. The molecule has 2 rings (SSSR count). The van der Waals surface area contributed by atoms with Gasteiger partial charge in [0, 0.05) is 11.7 Å². The lowest BCUT2D eigenvalue weighted by Gasteiger charge is -2.11. The van der Waals surface area contributed by atoms with Gasteiger partial charge in [-0.05, 0) is 62.7 Å². The smallest absolute Gasteiger partial charge is 0.261 e. The molecule has 2 N–H and O–H groups in total. The van der Waals surface area contributed by atoms with E-state index in [0.29, 0.717) is 11.4 Å². The van der Waals surface area contributed by atoms with E-state index in [-0.39, 0.29) is 23.5 Å². The quantitative estimate of drug-likeness (QED) is 0.793. The Morgan fingerprint density at radius 3 is 2.40 bits per heavy atom. The second-order valence-corrected chi connectivity index (χ2v) is 7.64. The minimum absolute atomic E-state index is 0.0383. The van der Waals surface area contributed by atoms with Crippen LogP contribution in [0.1, 0.15) is 19.4 Å². The van der Waals surface area contributed by atoms with Crippen LogP contribution in [0.4, 0.5) is 5.69 Å². The topological polar surface area (TPSA) is 84.5 Å². The summed E-state index contributed by atoms with van der Waals surface area (Å²) < 4.78 is 32.7. The van der Waals surface area contributed by atoms with Gasteiger partial charge in [0.15, 0.2) is 6.61 Å². The van der Waals surface area contributed by atoms with Crippen molar-refractivity contribution in [2.24, 2.45) is 0 Å². The summed E-state index contributed by atoms with van der Waals surface area (Å²) in [6.07, 6.45) is 0. The monoisotopic (exact) mass is 362 g/mol. The van der Waals surface area contributed by atoms with Crippen LogP contribution in [0.5, 0.6) is 5.75 Å². The second-order valence-electron chi connectivity index (χ2n) is 5.96. The summed E-state index contributed by atoms with van der Waals surface area (Å²) in [6, 6.07) is 13.1. The first kappa shape index (κ1) is 18.8. The molecule has 7 heteroatoms. The van der Waals surface area contributed by atoms with Crippen molar-refractivity contribution in [3.63, 3.8) is 0 Å². The molecule has 0 aliphatic heterocycles. The fraction of sp³-hybridized carbons (Fsp3) is 0.278. The fourth-order valence-corrected chi connectivity index (χ4v) is 3.20. The zero-order valence-corrected chi connectivity index (χ0v) is 15.3. The minimum atomic E-state index is -3.68. The van der Waals surface area contributed by atoms with Crippen LogP contribution in [-0.4, -0.2) is 27.0 Å². The molecule has 0 aliphatic carbocycles. The largest absolute Gasteiger partial charge is 0.484 e. The van der Waals surface area contributed by atoms with Gasteiger partial charge in [-0.25, -0.2) is 8.42 Å². The summed E-state index contributed by atoms with van der Waals surface area (Å²) in [6.45, 7) is 5.49. The minimum Gasteiger partial charge on any atom is -0.484 e. The molecule has 134 valence electrons. The van der Waals surface area contributed by atoms with Crippen LogP contribution in [0.3, 0.4) is 0 Å². The van der Waals surface area contributed by atoms with E-state index >= 15 is 0 Å². The lowest BCUT2D eigenvalue weighted by molar-refractivity contribution is -0.123. The van der Waals surface area contributed by atoms with Gasteiger partial charge < -0.3 is 10.1 Å². The van der Waals surface area contributed by atoms with Crippen molar-refractivity contribution in [3.8, 4) is 5.75 Å². The normalized spacial score (nSPS) is 11.2. The third kappa shape index (κ3) is 5.79. The maximum Gasteiger partial charge on any atom is 0.261 e. The Kier molecular flexibility index (Phi) is 6.03. The molecule has 0 bridgehead atoms. The molecular formula is C18H22N2O4S. The molecule has 0 saturated carbocycles. The molecule has 25 heavy (non-hydrogen) atoms. The van der Waals surface area contributed by atoms with Gasteiger partial charge in [-0.2, -0.15) is 0 Å². The van der Waals surface area contributed by atoms with Gasteiger partial charge in [-0.1, -0.05) is 12.1 Å². The molecule has 0 spiro atoms. The van der Waals surface area contributed by atoms with Gasteiger partial charge in [-0.15, -0.1) is 0 Å².